The highest BCUT2D eigenvalue weighted by molar-refractivity contribution is 5.94. The number of hydrogen-bond acceptors (Lipinski definition) is 4. The number of rotatable bonds is 3. The average Bonchev–Trinajstić information content (AvgIpc) is 3.29. The second-order valence-corrected chi connectivity index (χ2v) is 6.44. The molecule has 1 aliphatic heterocycles. The maximum absolute atomic E-state index is 12.9. The minimum Gasteiger partial charge on any atom is -0.366 e. The number of hydrogen-bond donors (Lipinski definition) is 1. The molecule has 6 nitrogen and oxygen atoms in total. The number of amides is 1. The van der Waals surface area contributed by atoms with Crippen molar-refractivity contribution in [3.8, 4) is 0 Å². The molecule has 1 amide bonds. The molecule has 6 heteroatoms. The Morgan fingerprint density at radius 2 is 2.25 bits per heavy atom. The predicted molar refractivity (Wildman–Crippen MR) is 88.8 cm³/mol. The minimum absolute atomic E-state index is 0.0734. The van der Waals surface area contributed by atoms with Crippen LogP contribution in [0.1, 0.15) is 52.6 Å². The molecule has 1 N–H and O–H groups in total. The van der Waals surface area contributed by atoms with Crippen LogP contribution in [0.4, 0.5) is 0 Å². The molecule has 24 heavy (non-hydrogen) atoms. The molecule has 4 rings (SSSR count). The molecule has 2 aliphatic rings. The van der Waals surface area contributed by atoms with Crippen molar-refractivity contribution >= 4 is 5.91 Å². The topological polar surface area (TPSA) is 71.1 Å². The number of fused-ring (bicyclic) bond motifs is 1. The van der Waals surface area contributed by atoms with Crippen LogP contribution in [-0.4, -0.2) is 45.7 Å². The van der Waals surface area contributed by atoms with Gasteiger partial charge in [-0.3, -0.25) is 9.89 Å². The number of benzene rings is 1. The lowest BCUT2D eigenvalue weighted by Crippen LogP contribution is -2.42. The molecule has 2 heterocycles. The van der Waals surface area contributed by atoms with E-state index < -0.39 is 0 Å². The summed E-state index contributed by atoms with van der Waals surface area (Å²) in [6.45, 7) is 3.64. The SMILES string of the molecule is CCc1nc([C@@H]2CN(C(=O)c3ccc4c(c3)CCC4)CCO2)n[nH]1. The average molecular weight is 326 g/mol. The van der Waals surface area contributed by atoms with E-state index in [4.69, 9.17) is 4.74 Å². The molecular weight excluding hydrogens is 304 g/mol. The first-order valence-electron chi connectivity index (χ1n) is 8.68. The van der Waals surface area contributed by atoms with Crippen LogP contribution in [0.5, 0.6) is 0 Å². The van der Waals surface area contributed by atoms with E-state index in [2.05, 4.69) is 27.3 Å². The number of morpholine rings is 1. The summed E-state index contributed by atoms with van der Waals surface area (Å²) in [5.74, 6) is 1.55. The third kappa shape index (κ3) is 2.82. The zero-order chi connectivity index (χ0) is 16.5. The maximum Gasteiger partial charge on any atom is 0.254 e. The second-order valence-electron chi connectivity index (χ2n) is 6.44. The van der Waals surface area contributed by atoms with Crippen LogP contribution in [0, 0.1) is 0 Å². The highest BCUT2D eigenvalue weighted by Gasteiger charge is 2.29. The van der Waals surface area contributed by atoms with Crippen LogP contribution in [0.15, 0.2) is 18.2 Å². The van der Waals surface area contributed by atoms with Gasteiger partial charge in [0.25, 0.3) is 5.91 Å². The van der Waals surface area contributed by atoms with Crippen molar-refractivity contribution in [2.45, 2.75) is 38.7 Å². The summed E-state index contributed by atoms with van der Waals surface area (Å²) in [7, 11) is 0. The first-order valence-corrected chi connectivity index (χ1v) is 8.68. The lowest BCUT2D eigenvalue weighted by atomic mass is 10.1. The van der Waals surface area contributed by atoms with Crippen molar-refractivity contribution in [1.29, 1.82) is 0 Å². The quantitative estimate of drug-likeness (QED) is 0.937. The normalized spacial score (nSPS) is 20.2. The molecular formula is C18H22N4O2. The fourth-order valence-corrected chi connectivity index (χ4v) is 3.49. The third-order valence-corrected chi connectivity index (χ3v) is 4.87. The molecule has 0 radical (unpaired) electrons. The lowest BCUT2D eigenvalue weighted by Gasteiger charge is -2.31. The van der Waals surface area contributed by atoms with Crippen molar-refractivity contribution in [3.63, 3.8) is 0 Å². The van der Waals surface area contributed by atoms with Gasteiger partial charge in [-0.25, -0.2) is 4.98 Å². The Hall–Kier alpha value is -2.21. The maximum atomic E-state index is 12.9. The van der Waals surface area contributed by atoms with E-state index in [9.17, 15) is 4.79 Å². The van der Waals surface area contributed by atoms with Gasteiger partial charge in [0.15, 0.2) is 5.82 Å². The highest BCUT2D eigenvalue weighted by Crippen LogP contribution is 2.25. The Kier molecular flexibility index (Phi) is 4.06. The standard InChI is InChI=1S/C18H22N4O2/c1-2-16-19-17(21-20-16)15-11-22(8-9-24-15)18(23)14-7-6-12-4-3-5-13(12)10-14/h6-7,10,15H,2-5,8-9,11H2,1H3,(H,19,20,21)/t15-/m0/s1. The zero-order valence-electron chi connectivity index (χ0n) is 13.9. The van der Waals surface area contributed by atoms with E-state index in [-0.39, 0.29) is 12.0 Å². The lowest BCUT2D eigenvalue weighted by molar-refractivity contribution is -0.0266. The number of aromatic amines is 1. The molecule has 2 aromatic rings. The summed E-state index contributed by atoms with van der Waals surface area (Å²) >= 11 is 0. The van der Waals surface area contributed by atoms with Crippen LogP contribution < -0.4 is 0 Å². The van der Waals surface area contributed by atoms with Crippen molar-refractivity contribution < 1.29 is 9.53 Å². The minimum atomic E-state index is -0.256. The van der Waals surface area contributed by atoms with Crippen molar-refractivity contribution in [3.05, 3.63) is 46.5 Å². The van der Waals surface area contributed by atoms with Gasteiger partial charge in [0.2, 0.25) is 0 Å². The van der Waals surface area contributed by atoms with Gasteiger partial charge in [-0.05, 0) is 42.5 Å². The summed E-state index contributed by atoms with van der Waals surface area (Å²) in [6.07, 6.45) is 3.95. The van der Waals surface area contributed by atoms with Gasteiger partial charge in [0, 0.05) is 18.5 Å². The zero-order valence-corrected chi connectivity index (χ0v) is 13.9. The Morgan fingerprint density at radius 3 is 3.08 bits per heavy atom. The Labute approximate surface area is 141 Å². The number of aromatic nitrogens is 3. The molecule has 1 aromatic carbocycles. The Morgan fingerprint density at radius 1 is 1.38 bits per heavy atom. The van der Waals surface area contributed by atoms with Crippen molar-refractivity contribution in [2.75, 3.05) is 19.7 Å². The van der Waals surface area contributed by atoms with Gasteiger partial charge in [-0.15, -0.1) is 0 Å². The number of nitrogens with zero attached hydrogens (tertiary/aromatic N) is 3. The van der Waals surface area contributed by atoms with Gasteiger partial charge < -0.3 is 9.64 Å². The van der Waals surface area contributed by atoms with Crippen molar-refractivity contribution in [1.82, 2.24) is 20.1 Å². The van der Waals surface area contributed by atoms with Gasteiger partial charge in [-0.2, -0.15) is 5.10 Å². The fraction of sp³-hybridized carbons (Fsp3) is 0.500. The van der Waals surface area contributed by atoms with Gasteiger partial charge in [0.05, 0.1) is 13.2 Å². The molecule has 1 aliphatic carbocycles. The number of nitrogens with one attached hydrogen (secondary N) is 1. The number of aryl methyl sites for hydroxylation is 3. The van der Waals surface area contributed by atoms with E-state index >= 15 is 0 Å². The Bertz CT molecular complexity index is 755. The van der Waals surface area contributed by atoms with E-state index in [0.29, 0.717) is 25.5 Å². The first kappa shape index (κ1) is 15.3. The van der Waals surface area contributed by atoms with E-state index in [1.54, 1.807) is 0 Å². The third-order valence-electron chi connectivity index (χ3n) is 4.87. The molecule has 1 fully saturated rings. The van der Waals surface area contributed by atoms with Gasteiger partial charge in [-0.1, -0.05) is 13.0 Å². The Balaban J connectivity index is 1.50. The number of carbonyl (C=O) groups excluding carboxylic acids is 1. The van der Waals surface area contributed by atoms with Crippen LogP contribution in [0.2, 0.25) is 0 Å². The molecule has 1 aromatic heterocycles. The first-order chi connectivity index (χ1) is 11.7. The fourth-order valence-electron chi connectivity index (χ4n) is 3.49. The number of ether oxygens (including phenoxy) is 1. The molecule has 126 valence electrons. The number of carbonyl (C=O) groups is 1. The predicted octanol–water partition coefficient (Wildman–Crippen LogP) is 2.07. The van der Waals surface area contributed by atoms with Crippen molar-refractivity contribution in [2.24, 2.45) is 0 Å². The summed E-state index contributed by atoms with van der Waals surface area (Å²) < 4.78 is 5.77. The van der Waals surface area contributed by atoms with E-state index in [1.807, 2.05) is 17.9 Å². The van der Waals surface area contributed by atoms with Gasteiger partial charge >= 0.3 is 0 Å². The van der Waals surface area contributed by atoms with E-state index in [1.165, 1.54) is 17.5 Å². The summed E-state index contributed by atoms with van der Waals surface area (Å²) in [4.78, 5) is 19.2. The summed E-state index contributed by atoms with van der Waals surface area (Å²) in [5.41, 5.74) is 3.49. The molecule has 1 atom stereocenters. The molecule has 1 saturated heterocycles. The molecule has 0 bridgehead atoms. The molecule has 0 unspecified atom stereocenters. The number of H-pyrrole nitrogens is 1. The van der Waals surface area contributed by atoms with Crippen LogP contribution >= 0.6 is 0 Å². The van der Waals surface area contributed by atoms with Gasteiger partial charge in [0.1, 0.15) is 11.9 Å². The smallest absolute Gasteiger partial charge is 0.254 e. The summed E-state index contributed by atoms with van der Waals surface area (Å²) in [6, 6.07) is 6.13. The largest absolute Gasteiger partial charge is 0.366 e. The monoisotopic (exact) mass is 326 g/mol. The van der Waals surface area contributed by atoms with Crippen LogP contribution in [0.3, 0.4) is 0 Å². The molecule has 0 saturated carbocycles. The van der Waals surface area contributed by atoms with Crippen LogP contribution in [0.25, 0.3) is 0 Å². The van der Waals surface area contributed by atoms with Crippen LogP contribution in [-0.2, 0) is 24.0 Å². The molecule has 0 spiro atoms. The summed E-state index contributed by atoms with van der Waals surface area (Å²) in [5, 5.41) is 7.14. The highest BCUT2D eigenvalue weighted by atomic mass is 16.5. The van der Waals surface area contributed by atoms with E-state index in [0.717, 1.165) is 30.7 Å². The second kappa shape index (κ2) is 6.36.